The van der Waals surface area contributed by atoms with Crippen molar-refractivity contribution in [1.29, 1.82) is 0 Å². The summed E-state index contributed by atoms with van der Waals surface area (Å²) >= 11 is 1.92. The molecule has 0 spiro atoms. The number of aliphatic hydroxyl groups is 1. The van der Waals surface area contributed by atoms with Crippen molar-refractivity contribution >= 4 is 61.3 Å². The molecule has 0 saturated heterocycles. The Kier molecular flexibility index (Phi) is 13.2. The molecule has 0 unspecified atom stereocenters. The summed E-state index contributed by atoms with van der Waals surface area (Å²) < 4.78 is 2.75. The molecule has 0 amide bonds. The number of allylic oxidation sites excluding steroid dienone is 2. The number of carbonyl (C=O) groups excluding carboxylic acids is 1. The Morgan fingerprint density at radius 3 is 2.10 bits per heavy atom. The van der Waals surface area contributed by atoms with Crippen LogP contribution in [0.1, 0.15) is 92.6 Å². The molecule has 3 nitrogen and oxygen atoms in total. The third-order valence-corrected chi connectivity index (χ3v) is 13.9. The van der Waals surface area contributed by atoms with Gasteiger partial charge in [-0.1, -0.05) is 122 Å². The van der Waals surface area contributed by atoms with Gasteiger partial charge in [-0.25, -0.2) is 0 Å². The van der Waals surface area contributed by atoms with E-state index in [0.29, 0.717) is 5.92 Å². The zero-order chi connectivity index (χ0) is 34.7. The molecule has 3 aromatic carbocycles. The van der Waals surface area contributed by atoms with Gasteiger partial charge in [0.1, 0.15) is 5.76 Å². The molecule has 259 valence electrons. The summed E-state index contributed by atoms with van der Waals surface area (Å²) in [7, 11) is -1.44. The predicted octanol–water partition coefficient (Wildman–Crippen LogP) is 12.4. The first kappa shape index (κ1) is 39.8. The molecule has 0 aliphatic rings. The van der Waals surface area contributed by atoms with Gasteiger partial charge in [0.25, 0.3) is 0 Å². The van der Waals surface area contributed by atoms with Crippen LogP contribution in [0.2, 0.25) is 19.6 Å². The monoisotopic (exact) mass is 857 g/mol. The molecular weight excluding hydrogens is 803 g/mol. The number of aromatic nitrogens is 1. The molecule has 5 rings (SSSR count). The van der Waals surface area contributed by atoms with Crippen molar-refractivity contribution < 1.29 is 30.0 Å². The number of nitrogens with zero attached hydrogens (tertiary/aromatic N) is 1. The summed E-state index contributed by atoms with van der Waals surface area (Å²) in [4.78, 5) is 17.1. The molecule has 1 radical (unpaired) electrons. The van der Waals surface area contributed by atoms with Gasteiger partial charge in [0.05, 0.1) is 8.07 Å². The fourth-order valence-electron chi connectivity index (χ4n) is 6.08. The standard InChI is InChI=1S/C27H26NSSi.C15H28O2.Ir/c1-17(2)22-16-19(15-18-9-6-7-10-20(18)22)26-25-21-11-8-12-24(30(3,4)5)27(21)29-23(25)13-14-28-26;1-7-14(5,8-2)12(16)11-13(17)15(6,9-3)10-4;/h6-14,16-17H,1-5H3;11,16H,7-10H2,1-6H3;/q-1;;/b;12-11-;. The average Bonchev–Trinajstić information content (AvgIpc) is 3.45. The maximum atomic E-state index is 12.2. The summed E-state index contributed by atoms with van der Waals surface area (Å²) in [6.45, 7) is 23.9. The van der Waals surface area contributed by atoms with E-state index < -0.39 is 8.07 Å². The number of thiophene rings is 1. The molecule has 2 aromatic heterocycles. The number of carbonyl (C=O) groups is 1. The fraction of sp³-hybridized carbons (Fsp3) is 0.429. The van der Waals surface area contributed by atoms with Crippen molar-refractivity contribution in [3.63, 3.8) is 0 Å². The fourth-order valence-corrected chi connectivity index (χ4v) is 9.68. The van der Waals surface area contributed by atoms with E-state index in [1.807, 2.05) is 59.1 Å². The van der Waals surface area contributed by atoms with Gasteiger partial charge in [0.2, 0.25) is 0 Å². The molecule has 48 heavy (non-hydrogen) atoms. The molecule has 6 heteroatoms. The van der Waals surface area contributed by atoms with Gasteiger partial charge < -0.3 is 5.11 Å². The minimum Gasteiger partial charge on any atom is -0.512 e. The van der Waals surface area contributed by atoms with Gasteiger partial charge in [-0.05, 0) is 53.6 Å². The van der Waals surface area contributed by atoms with Crippen LogP contribution in [0, 0.1) is 16.9 Å². The van der Waals surface area contributed by atoms with E-state index in [2.05, 4.69) is 94.2 Å². The third kappa shape index (κ3) is 8.04. The maximum absolute atomic E-state index is 12.2. The number of hydrogen-bond donors (Lipinski definition) is 1. The van der Waals surface area contributed by atoms with E-state index in [1.54, 1.807) is 0 Å². The van der Waals surface area contributed by atoms with Crippen molar-refractivity contribution in [2.45, 2.75) is 107 Å². The molecule has 0 bridgehead atoms. The molecule has 0 aliphatic carbocycles. The van der Waals surface area contributed by atoms with Crippen LogP contribution in [0.4, 0.5) is 0 Å². The first-order valence-corrected chi connectivity index (χ1v) is 21.7. The average molecular weight is 857 g/mol. The summed E-state index contributed by atoms with van der Waals surface area (Å²) in [6, 6.07) is 23.6. The van der Waals surface area contributed by atoms with Crippen LogP contribution in [0.15, 0.2) is 72.6 Å². The van der Waals surface area contributed by atoms with E-state index in [4.69, 9.17) is 4.98 Å². The minimum absolute atomic E-state index is 0. The zero-order valence-corrected chi connectivity index (χ0v) is 35.0. The minimum atomic E-state index is -1.44. The van der Waals surface area contributed by atoms with E-state index in [-0.39, 0.29) is 42.5 Å². The van der Waals surface area contributed by atoms with Crippen LogP contribution in [0.5, 0.6) is 0 Å². The number of aliphatic hydroxyl groups excluding tert-OH is 1. The van der Waals surface area contributed by atoms with Crippen molar-refractivity contribution in [3.05, 3.63) is 84.3 Å². The van der Waals surface area contributed by atoms with Crippen LogP contribution in [0.25, 0.3) is 42.2 Å². The summed E-state index contributed by atoms with van der Waals surface area (Å²) in [5.41, 5.74) is 2.91. The number of benzene rings is 3. The second-order valence-corrected chi connectivity index (χ2v) is 20.9. The number of hydrogen-bond acceptors (Lipinski definition) is 4. The van der Waals surface area contributed by atoms with E-state index in [0.717, 1.165) is 36.9 Å². The SMILES string of the molecule is CC(C)c1cc(-c2nccc3sc4c([Si](C)(C)C)cccc4c23)[c-]c2ccccc12.CCC(C)(CC)C(=O)/C=C(\O)C(C)(CC)CC.[Ir]. The number of rotatable bonds is 10. The van der Waals surface area contributed by atoms with E-state index in [1.165, 1.54) is 47.8 Å². The summed E-state index contributed by atoms with van der Waals surface area (Å²) in [6.07, 6.45) is 6.71. The van der Waals surface area contributed by atoms with E-state index >= 15 is 0 Å². The third-order valence-electron chi connectivity index (χ3n) is 10.5. The Labute approximate surface area is 307 Å². The Morgan fingerprint density at radius 1 is 0.917 bits per heavy atom. The van der Waals surface area contributed by atoms with Crippen molar-refractivity contribution in [2.75, 3.05) is 0 Å². The normalized spacial score (nSPS) is 12.7. The van der Waals surface area contributed by atoms with Crippen molar-refractivity contribution in [3.8, 4) is 11.3 Å². The molecule has 2 heterocycles. The molecular formula is C42H54IrNO2SSi-. The van der Waals surface area contributed by atoms with E-state index in [9.17, 15) is 9.90 Å². The Balaban J connectivity index is 0.000000301. The smallest absolute Gasteiger partial charge is 0.164 e. The van der Waals surface area contributed by atoms with Crippen LogP contribution >= 0.6 is 11.3 Å². The maximum Gasteiger partial charge on any atom is 0.164 e. The van der Waals surface area contributed by atoms with Gasteiger partial charge >= 0.3 is 0 Å². The first-order chi connectivity index (χ1) is 22.1. The molecule has 0 saturated carbocycles. The molecule has 0 atom stereocenters. The van der Waals surface area contributed by atoms with Crippen LogP contribution in [-0.4, -0.2) is 23.9 Å². The second-order valence-electron chi connectivity index (χ2n) is 14.8. The Hall–Kier alpha value is -2.63. The molecule has 1 N–H and O–H groups in total. The molecule has 0 fully saturated rings. The zero-order valence-electron chi connectivity index (χ0n) is 30.8. The van der Waals surface area contributed by atoms with Crippen LogP contribution in [0.3, 0.4) is 0 Å². The first-order valence-electron chi connectivity index (χ1n) is 17.4. The van der Waals surface area contributed by atoms with Crippen LogP contribution < -0.4 is 5.19 Å². The van der Waals surface area contributed by atoms with Crippen LogP contribution in [-0.2, 0) is 24.9 Å². The van der Waals surface area contributed by atoms with Crippen molar-refractivity contribution in [2.24, 2.45) is 10.8 Å². The largest absolute Gasteiger partial charge is 0.512 e. The van der Waals surface area contributed by atoms with Gasteiger partial charge in [-0.15, -0.1) is 40.5 Å². The molecule has 5 aromatic rings. The summed E-state index contributed by atoms with van der Waals surface area (Å²) in [5.74, 6) is 0.730. The predicted molar refractivity (Wildman–Crippen MR) is 209 cm³/mol. The Morgan fingerprint density at radius 2 is 1.52 bits per heavy atom. The Bertz CT molecular complexity index is 1910. The van der Waals surface area contributed by atoms with Gasteiger partial charge in [0, 0.05) is 58.3 Å². The number of ketones is 1. The van der Waals surface area contributed by atoms with Gasteiger partial charge in [0.15, 0.2) is 5.78 Å². The topological polar surface area (TPSA) is 50.2 Å². The summed E-state index contributed by atoms with van der Waals surface area (Å²) in [5, 5.41) is 16.7. The second kappa shape index (κ2) is 15.9. The van der Waals surface area contributed by atoms with Gasteiger partial charge in [-0.3, -0.25) is 9.78 Å². The van der Waals surface area contributed by atoms with Crippen molar-refractivity contribution in [1.82, 2.24) is 4.98 Å². The van der Waals surface area contributed by atoms with Gasteiger partial charge in [-0.2, -0.15) is 0 Å². The number of fused-ring (bicyclic) bond motifs is 4. The number of pyridine rings is 1. The quantitative estimate of drug-likeness (QED) is 0.0659. The molecule has 0 aliphatic heterocycles.